The van der Waals surface area contributed by atoms with E-state index in [1.54, 1.807) is 0 Å². The Morgan fingerprint density at radius 2 is 1.69 bits per heavy atom. The summed E-state index contributed by atoms with van der Waals surface area (Å²) in [5.74, 6) is 0.800. The van der Waals surface area contributed by atoms with E-state index in [1.165, 1.54) is 0 Å². The molecule has 0 aliphatic carbocycles. The summed E-state index contributed by atoms with van der Waals surface area (Å²) in [4.78, 5) is 10.6. The average Bonchev–Trinajstić information content (AvgIpc) is 3.09. The third kappa shape index (κ3) is 5.67. The molecule has 6 heteroatoms. The SMILES string of the molecule is Cc1cc(OCCCn2ccc3ccc(OCCCC(=O)O)cc32)cc(C)c1Cl. The summed E-state index contributed by atoms with van der Waals surface area (Å²) in [6.07, 6.45) is 3.55. The molecule has 0 aliphatic heterocycles. The quantitative estimate of drug-likeness (QED) is 0.436. The van der Waals surface area contributed by atoms with Crippen LogP contribution in [0.3, 0.4) is 0 Å². The molecule has 3 aromatic rings. The lowest BCUT2D eigenvalue weighted by molar-refractivity contribution is -0.137. The number of aromatic nitrogens is 1. The molecule has 0 aliphatic rings. The van der Waals surface area contributed by atoms with Crippen LogP contribution in [-0.4, -0.2) is 28.9 Å². The van der Waals surface area contributed by atoms with Crippen LogP contribution in [-0.2, 0) is 11.3 Å². The number of hydrogen-bond acceptors (Lipinski definition) is 3. The number of aryl methyl sites for hydroxylation is 3. The van der Waals surface area contributed by atoms with Crippen molar-refractivity contribution in [3.63, 3.8) is 0 Å². The maximum absolute atomic E-state index is 10.6. The number of rotatable bonds is 10. The second-order valence-corrected chi connectivity index (χ2v) is 7.53. The van der Waals surface area contributed by atoms with Gasteiger partial charge in [-0.15, -0.1) is 0 Å². The van der Waals surface area contributed by atoms with Gasteiger partial charge in [-0.05, 0) is 73.5 Å². The van der Waals surface area contributed by atoms with E-state index in [4.69, 9.17) is 26.2 Å². The van der Waals surface area contributed by atoms with Crippen molar-refractivity contribution in [2.45, 2.75) is 39.7 Å². The highest BCUT2D eigenvalue weighted by atomic mass is 35.5. The van der Waals surface area contributed by atoms with Gasteiger partial charge in [0.05, 0.1) is 18.7 Å². The van der Waals surface area contributed by atoms with Crippen molar-refractivity contribution in [2.24, 2.45) is 0 Å². The van der Waals surface area contributed by atoms with Crippen LogP contribution in [0, 0.1) is 13.8 Å². The van der Waals surface area contributed by atoms with Crippen LogP contribution in [0.2, 0.25) is 5.02 Å². The fourth-order valence-corrected chi connectivity index (χ4v) is 3.39. The molecule has 1 N–H and O–H groups in total. The van der Waals surface area contributed by atoms with Gasteiger partial charge in [0.1, 0.15) is 11.5 Å². The lowest BCUT2D eigenvalue weighted by Crippen LogP contribution is -2.04. The van der Waals surface area contributed by atoms with Gasteiger partial charge >= 0.3 is 5.97 Å². The highest BCUT2D eigenvalue weighted by molar-refractivity contribution is 6.32. The number of carboxylic acid groups (broad SMARTS) is 1. The van der Waals surface area contributed by atoms with Gasteiger partial charge in [-0.2, -0.15) is 0 Å². The molecule has 0 bridgehead atoms. The Labute approximate surface area is 175 Å². The van der Waals surface area contributed by atoms with Crippen LogP contribution in [0.15, 0.2) is 42.6 Å². The average molecular weight is 416 g/mol. The van der Waals surface area contributed by atoms with Gasteiger partial charge in [-0.1, -0.05) is 11.6 Å². The summed E-state index contributed by atoms with van der Waals surface area (Å²) in [7, 11) is 0. The van der Waals surface area contributed by atoms with Crippen molar-refractivity contribution < 1.29 is 19.4 Å². The molecule has 0 saturated heterocycles. The zero-order valence-electron chi connectivity index (χ0n) is 16.8. The molecule has 0 saturated carbocycles. The van der Waals surface area contributed by atoms with E-state index >= 15 is 0 Å². The topological polar surface area (TPSA) is 60.7 Å². The van der Waals surface area contributed by atoms with E-state index in [0.717, 1.165) is 51.5 Å². The lowest BCUT2D eigenvalue weighted by atomic mass is 10.1. The Bertz CT molecular complexity index is 973. The summed E-state index contributed by atoms with van der Waals surface area (Å²) in [5, 5.41) is 10.6. The normalized spacial score (nSPS) is 11.0. The first-order chi connectivity index (χ1) is 13.9. The highest BCUT2D eigenvalue weighted by Gasteiger charge is 2.06. The molecule has 0 unspecified atom stereocenters. The zero-order chi connectivity index (χ0) is 20.8. The minimum atomic E-state index is -0.802. The molecule has 0 fully saturated rings. The summed E-state index contributed by atoms with van der Waals surface area (Å²) in [5.41, 5.74) is 3.14. The van der Waals surface area contributed by atoms with E-state index in [0.29, 0.717) is 19.6 Å². The largest absolute Gasteiger partial charge is 0.494 e. The summed E-state index contributed by atoms with van der Waals surface area (Å²) >= 11 is 6.21. The van der Waals surface area contributed by atoms with Crippen molar-refractivity contribution in [3.8, 4) is 11.5 Å². The van der Waals surface area contributed by atoms with Crippen molar-refractivity contribution in [3.05, 3.63) is 58.7 Å². The van der Waals surface area contributed by atoms with Gasteiger partial charge in [-0.25, -0.2) is 0 Å². The third-order valence-electron chi connectivity index (χ3n) is 4.77. The number of nitrogens with zero attached hydrogens (tertiary/aromatic N) is 1. The van der Waals surface area contributed by atoms with Gasteiger partial charge < -0.3 is 19.1 Å². The third-order valence-corrected chi connectivity index (χ3v) is 5.37. The Balaban J connectivity index is 1.54. The molecule has 29 heavy (non-hydrogen) atoms. The first-order valence-electron chi connectivity index (χ1n) is 9.77. The van der Waals surface area contributed by atoms with Crippen molar-refractivity contribution in [1.29, 1.82) is 0 Å². The number of carbonyl (C=O) groups is 1. The van der Waals surface area contributed by atoms with Crippen LogP contribution in [0.5, 0.6) is 11.5 Å². The number of hydrogen-bond donors (Lipinski definition) is 1. The molecule has 154 valence electrons. The maximum Gasteiger partial charge on any atom is 0.303 e. The predicted octanol–water partition coefficient (Wildman–Crippen LogP) is 5.62. The second-order valence-electron chi connectivity index (χ2n) is 7.15. The summed E-state index contributed by atoms with van der Waals surface area (Å²) in [6, 6.07) is 12.0. The van der Waals surface area contributed by atoms with Crippen LogP contribution < -0.4 is 9.47 Å². The van der Waals surface area contributed by atoms with Gasteiger partial charge in [-0.3, -0.25) is 4.79 Å². The van der Waals surface area contributed by atoms with E-state index in [-0.39, 0.29) is 6.42 Å². The van der Waals surface area contributed by atoms with Crippen LogP contribution in [0.4, 0.5) is 0 Å². The standard InChI is InChI=1S/C23H26ClNO4/c1-16-13-20(14-17(2)23(16)24)29-12-4-9-25-10-8-18-6-7-19(15-21(18)25)28-11-3-5-22(26)27/h6-8,10,13-15H,3-5,9,11-12H2,1-2H3,(H,26,27). The van der Waals surface area contributed by atoms with Gasteiger partial charge in [0.15, 0.2) is 0 Å². The monoisotopic (exact) mass is 415 g/mol. The first kappa shape index (κ1) is 21.1. The molecule has 1 heterocycles. The lowest BCUT2D eigenvalue weighted by Gasteiger charge is -2.11. The van der Waals surface area contributed by atoms with E-state index in [2.05, 4.69) is 16.8 Å². The molecule has 0 amide bonds. The highest BCUT2D eigenvalue weighted by Crippen LogP contribution is 2.26. The minimum Gasteiger partial charge on any atom is -0.494 e. The molecule has 5 nitrogen and oxygen atoms in total. The summed E-state index contributed by atoms with van der Waals surface area (Å²) < 4.78 is 13.8. The number of benzene rings is 2. The van der Waals surface area contributed by atoms with Crippen LogP contribution >= 0.6 is 11.6 Å². The number of halogens is 1. The minimum absolute atomic E-state index is 0.116. The van der Waals surface area contributed by atoms with Crippen molar-refractivity contribution >= 4 is 28.5 Å². The van der Waals surface area contributed by atoms with Crippen LogP contribution in [0.25, 0.3) is 10.9 Å². The molecule has 0 radical (unpaired) electrons. The fraction of sp³-hybridized carbons (Fsp3) is 0.348. The number of aliphatic carboxylic acids is 1. The zero-order valence-corrected chi connectivity index (χ0v) is 17.5. The van der Waals surface area contributed by atoms with Crippen molar-refractivity contribution in [1.82, 2.24) is 4.57 Å². The smallest absolute Gasteiger partial charge is 0.303 e. The Morgan fingerprint density at radius 1 is 1.00 bits per heavy atom. The number of fused-ring (bicyclic) bond motifs is 1. The molecule has 2 aromatic carbocycles. The maximum atomic E-state index is 10.6. The second kappa shape index (κ2) is 9.70. The van der Waals surface area contributed by atoms with Gasteiger partial charge in [0.25, 0.3) is 0 Å². The number of ether oxygens (including phenoxy) is 2. The Kier molecular flexibility index (Phi) is 7.04. The van der Waals surface area contributed by atoms with Gasteiger partial charge in [0, 0.05) is 30.3 Å². The molecule has 1 aromatic heterocycles. The fourth-order valence-electron chi connectivity index (χ4n) is 3.28. The molecular weight excluding hydrogens is 390 g/mol. The number of carboxylic acids is 1. The predicted molar refractivity (Wildman–Crippen MR) is 115 cm³/mol. The van der Waals surface area contributed by atoms with Crippen LogP contribution in [0.1, 0.15) is 30.4 Å². The Hall–Kier alpha value is -2.66. The molecule has 0 atom stereocenters. The first-order valence-corrected chi connectivity index (χ1v) is 10.1. The molecule has 0 spiro atoms. The Morgan fingerprint density at radius 3 is 2.41 bits per heavy atom. The van der Waals surface area contributed by atoms with Crippen molar-refractivity contribution in [2.75, 3.05) is 13.2 Å². The van der Waals surface area contributed by atoms with E-state index in [1.807, 2.05) is 44.2 Å². The molecule has 3 rings (SSSR count). The summed E-state index contributed by atoms with van der Waals surface area (Å²) in [6.45, 7) is 5.81. The van der Waals surface area contributed by atoms with Gasteiger partial charge in [0.2, 0.25) is 0 Å². The van der Waals surface area contributed by atoms with E-state index in [9.17, 15) is 4.79 Å². The van der Waals surface area contributed by atoms with E-state index < -0.39 is 5.97 Å². The molecular formula is C23H26ClNO4.